The molecule has 5 heteroatoms. The molecule has 0 amide bonds. The van der Waals surface area contributed by atoms with E-state index in [9.17, 15) is 9.90 Å². The number of H-pyrrole nitrogens is 1. The number of hydrogen-bond donors (Lipinski definition) is 3. The fourth-order valence-electron chi connectivity index (χ4n) is 2.33. The van der Waals surface area contributed by atoms with Crippen molar-refractivity contribution in [1.29, 1.82) is 0 Å². The van der Waals surface area contributed by atoms with Crippen molar-refractivity contribution in [2.45, 2.75) is 38.6 Å². The molecule has 1 aliphatic rings. The third kappa shape index (κ3) is 3.30. The highest BCUT2D eigenvalue weighted by molar-refractivity contribution is 5.70. The van der Waals surface area contributed by atoms with Crippen molar-refractivity contribution < 1.29 is 5.11 Å². The lowest BCUT2D eigenvalue weighted by Crippen LogP contribution is -2.33. The first-order valence-corrected chi connectivity index (χ1v) is 6.86. The summed E-state index contributed by atoms with van der Waals surface area (Å²) < 4.78 is 0. The van der Waals surface area contributed by atoms with Gasteiger partial charge in [-0.2, -0.15) is 0 Å². The van der Waals surface area contributed by atoms with Crippen LogP contribution < -0.4 is 10.9 Å². The van der Waals surface area contributed by atoms with Gasteiger partial charge in [0.1, 0.15) is 0 Å². The molecule has 0 saturated carbocycles. The molecule has 2 rings (SSSR count). The van der Waals surface area contributed by atoms with Crippen LogP contribution in [0.4, 0.5) is 0 Å². The predicted octanol–water partition coefficient (Wildman–Crippen LogP) is 0.850. The summed E-state index contributed by atoms with van der Waals surface area (Å²) in [6.45, 7) is 2.93. The molecule has 0 saturated heterocycles. The molecule has 5 nitrogen and oxygen atoms in total. The van der Waals surface area contributed by atoms with E-state index >= 15 is 0 Å². The quantitative estimate of drug-likeness (QED) is 0.681. The Morgan fingerprint density at radius 1 is 1.58 bits per heavy atom. The lowest BCUT2D eigenvalue weighted by molar-refractivity contribution is 0.237. The van der Waals surface area contributed by atoms with Crippen molar-refractivity contribution in [3.8, 4) is 0 Å². The van der Waals surface area contributed by atoms with Crippen molar-refractivity contribution in [2.24, 2.45) is 0 Å². The molecule has 0 fully saturated rings. The van der Waals surface area contributed by atoms with E-state index in [-0.39, 0.29) is 18.2 Å². The van der Waals surface area contributed by atoms with Gasteiger partial charge in [0.2, 0.25) is 0 Å². The van der Waals surface area contributed by atoms with Gasteiger partial charge in [0.15, 0.2) is 0 Å². The highest BCUT2D eigenvalue weighted by atomic mass is 16.3. The van der Waals surface area contributed by atoms with Gasteiger partial charge in [0.25, 0.3) is 5.56 Å². The van der Waals surface area contributed by atoms with Gasteiger partial charge in [-0.25, -0.2) is 4.98 Å². The van der Waals surface area contributed by atoms with Gasteiger partial charge in [-0.3, -0.25) is 4.79 Å². The van der Waals surface area contributed by atoms with Gasteiger partial charge in [0, 0.05) is 18.2 Å². The number of hydrogen-bond acceptors (Lipinski definition) is 4. The average Bonchev–Trinajstić information content (AvgIpc) is 2.84. The Hall–Kier alpha value is -1.46. The van der Waals surface area contributed by atoms with Crippen LogP contribution >= 0.6 is 0 Å². The van der Waals surface area contributed by atoms with E-state index in [0.29, 0.717) is 13.0 Å². The third-order valence-corrected chi connectivity index (χ3v) is 3.51. The van der Waals surface area contributed by atoms with E-state index in [2.05, 4.69) is 22.2 Å². The zero-order valence-corrected chi connectivity index (χ0v) is 11.3. The lowest BCUT2D eigenvalue weighted by Gasteiger charge is -2.16. The minimum absolute atomic E-state index is 0.0547. The molecule has 0 unspecified atom stereocenters. The molecule has 0 bridgehead atoms. The number of nitrogens with zero attached hydrogens (tertiary/aromatic N) is 1. The molecular formula is C14H21N3O2. The molecule has 1 aromatic rings. The van der Waals surface area contributed by atoms with Crippen LogP contribution in [0.1, 0.15) is 37.4 Å². The summed E-state index contributed by atoms with van der Waals surface area (Å²) in [6, 6.07) is 0.117. The molecular weight excluding hydrogens is 242 g/mol. The third-order valence-electron chi connectivity index (χ3n) is 3.51. The number of nitrogens with one attached hydrogen (secondary N) is 2. The molecule has 1 atom stereocenters. The molecule has 0 aromatic carbocycles. The molecule has 1 aromatic heterocycles. The number of aromatic amines is 1. The van der Waals surface area contributed by atoms with Crippen molar-refractivity contribution >= 4 is 5.57 Å². The summed E-state index contributed by atoms with van der Waals surface area (Å²) in [5.74, 6) is 0. The van der Waals surface area contributed by atoms with Crippen LogP contribution in [0.15, 0.2) is 17.2 Å². The van der Waals surface area contributed by atoms with Crippen molar-refractivity contribution in [3.63, 3.8) is 0 Å². The molecule has 0 radical (unpaired) electrons. The standard InChI is InChI=1S/C14H21N3O2/c1-2-3-4-11(8-18)15-7-10-5-6-12-13(10)16-9-17-14(12)19/h5,9,11,15,18H,2-4,6-8H2,1H3,(H,16,17,19)/t11-/m1/s1. The second kappa shape index (κ2) is 6.63. The van der Waals surface area contributed by atoms with E-state index in [0.717, 1.165) is 36.1 Å². The van der Waals surface area contributed by atoms with E-state index in [4.69, 9.17) is 0 Å². The fourth-order valence-corrected chi connectivity index (χ4v) is 2.33. The van der Waals surface area contributed by atoms with Gasteiger partial charge in [-0.1, -0.05) is 25.8 Å². The SMILES string of the molecule is CCCC[C@H](CO)NCC1=CCc2c1nc[nH]c2=O. The smallest absolute Gasteiger partial charge is 0.254 e. The number of allylic oxidation sites excluding steroid dienone is 1. The summed E-state index contributed by atoms with van der Waals surface area (Å²) in [6.07, 6.45) is 7.33. The van der Waals surface area contributed by atoms with Gasteiger partial charge in [-0.05, 0) is 18.4 Å². The molecule has 0 spiro atoms. The van der Waals surface area contributed by atoms with Crippen molar-refractivity contribution in [1.82, 2.24) is 15.3 Å². The van der Waals surface area contributed by atoms with Crippen LogP contribution in [-0.2, 0) is 6.42 Å². The van der Waals surface area contributed by atoms with E-state index in [1.54, 1.807) is 0 Å². The molecule has 104 valence electrons. The normalized spacial score (nSPS) is 15.2. The fraction of sp³-hybridized carbons (Fsp3) is 0.571. The van der Waals surface area contributed by atoms with Crippen LogP contribution in [0.5, 0.6) is 0 Å². The van der Waals surface area contributed by atoms with Crippen LogP contribution in [0, 0.1) is 0 Å². The molecule has 3 N–H and O–H groups in total. The maximum atomic E-state index is 11.6. The average molecular weight is 263 g/mol. The summed E-state index contributed by atoms with van der Waals surface area (Å²) >= 11 is 0. The first kappa shape index (κ1) is 14.0. The summed E-state index contributed by atoms with van der Waals surface area (Å²) in [4.78, 5) is 18.4. The van der Waals surface area contributed by atoms with E-state index in [1.807, 2.05) is 6.08 Å². The Bertz CT molecular complexity index is 508. The van der Waals surface area contributed by atoms with Crippen molar-refractivity contribution in [2.75, 3.05) is 13.2 Å². The Morgan fingerprint density at radius 3 is 3.16 bits per heavy atom. The van der Waals surface area contributed by atoms with E-state index < -0.39 is 0 Å². The second-order valence-corrected chi connectivity index (χ2v) is 4.89. The van der Waals surface area contributed by atoms with Crippen molar-refractivity contribution in [3.05, 3.63) is 34.0 Å². The van der Waals surface area contributed by atoms with Gasteiger partial charge >= 0.3 is 0 Å². The predicted molar refractivity (Wildman–Crippen MR) is 74.9 cm³/mol. The second-order valence-electron chi connectivity index (χ2n) is 4.89. The number of fused-ring (bicyclic) bond motifs is 1. The number of aromatic nitrogens is 2. The first-order chi connectivity index (χ1) is 9.26. The van der Waals surface area contributed by atoms with Crippen LogP contribution in [0.3, 0.4) is 0 Å². The topological polar surface area (TPSA) is 78.0 Å². The van der Waals surface area contributed by atoms with Crippen LogP contribution in [-0.4, -0.2) is 34.3 Å². The Labute approximate surface area is 112 Å². The first-order valence-electron chi connectivity index (χ1n) is 6.86. The summed E-state index contributed by atoms with van der Waals surface area (Å²) in [5, 5.41) is 12.6. The highest BCUT2D eigenvalue weighted by Gasteiger charge is 2.18. The monoisotopic (exact) mass is 263 g/mol. The number of unbranched alkanes of at least 4 members (excludes halogenated alkanes) is 1. The van der Waals surface area contributed by atoms with Gasteiger partial charge in [-0.15, -0.1) is 0 Å². The molecule has 19 heavy (non-hydrogen) atoms. The maximum Gasteiger partial charge on any atom is 0.254 e. The lowest BCUT2D eigenvalue weighted by atomic mass is 10.1. The number of aliphatic hydroxyl groups is 1. The minimum Gasteiger partial charge on any atom is -0.395 e. The molecule has 1 aliphatic carbocycles. The summed E-state index contributed by atoms with van der Waals surface area (Å²) in [5.41, 5.74) is 2.54. The largest absolute Gasteiger partial charge is 0.395 e. The highest BCUT2D eigenvalue weighted by Crippen LogP contribution is 2.21. The van der Waals surface area contributed by atoms with Crippen LogP contribution in [0.25, 0.3) is 5.57 Å². The van der Waals surface area contributed by atoms with Gasteiger partial charge < -0.3 is 15.4 Å². The minimum atomic E-state index is -0.0547. The zero-order valence-electron chi connectivity index (χ0n) is 11.3. The molecule has 1 heterocycles. The van der Waals surface area contributed by atoms with Gasteiger partial charge in [0.05, 0.1) is 18.6 Å². The zero-order chi connectivity index (χ0) is 13.7. The number of rotatable bonds is 7. The Balaban J connectivity index is 1.95. The maximum absolute atomic E-state index is 11.6. The number of aliphatic hydroxyl groups excluding tert-OH is 1. The Morgan fingerprint density at radius 2 is 2.42 bits per heavy atom. The van der Waals surface area contributed by atoms with E-state index in [1.165, 1.54) is 6.33 Å². The Kier molecular flexibility index (Phi) is 4.87. The summed E-state index contributed by atoms with van der Waals surface area (Å²) in [7, 11) is 0. The van der Waals surface area contributed by atoms with Crippen LogP contribution in [0.2, 0.25) is 0 Å². The molecule has 0 aliphatic heterocycles.